The summed E-state index contributed by atoms with van der Waals surface area (Å²) in [6.45, 7) is 1.74. The number of hydrogen-bond acceptors (Lipinski definition) is 6. The van der Waals surface area contributed by atoms with E-state index >= 15 is 0 Å². The molecule has 4 rings (SSSR count). The number of ether oxygens (including phenoxy) is 1. The van der Waals surface area contributed by atoms with E-state index in [-0.39, 0.29) is 36.7 Å². The second kappa shape index (κ2) is 13.8. The number of halogens is 2. The molecule has 1 unspecified atom stereocenters. The number of methoxy groups -OCH3 is 1. The maximum absolute atomic E-state index is 13.8. The number of aromatic carboxylic acids is 1. The molecular weight excluding hydrogens is 567 g/mol. The molecule has 10 nitrogen and oxygen atoms in total. The molecule has 0 saturated carbocycles. The van der Waals surface area contributed by atoms with Crippen molar-refractivity contribution in [1.82, 2.24) is 15.5 Å². The highest BCUT2D eigenvalue weighted by atomic mass is 35.5. The van der Waals surface area contributed by atoms with Gasteiger partial charge in [-0.1, -0.05) is 41.9 Å². The summed E-state index contributed by atoms with van der Waals surface area (Å²) < 4.78 is 19.1. The molecule has 1 saturated heterocycles. The molecule has 3 N–H and O–H groups in total. The number of carboxylic acid groups (broad SMARTS) is 1. The van der Waals surface area contributed by atoms with Gasteiger partial charge in [-0.2, -0.15) is 0 Å². The summed E-state index contributed by atoms with van der Waals surface area (Å²) >= 11 is 6.21. The highest BCUT2D eigenvalue weighted by Gasteiger charge is 2.35. The molecule has 3 aromatic rings. The van der Waals surface area contributed by atoms with E-state index in [0.29, 0.717) is 28.3 Å². The van der Waals surface area contributed by atoms with Crippen LogP contribution < -0.4 is 20.2 Å². The van der Waals surface area contributed by atoms with Crippen LogP contribution in [0.2, 0.25) is 5.02 Å². The summed E-state index contributed by atoms with van der Waals surface area (Å²) in [4.78, 5) is 45.1. The third-order valence-electron chi connectivity index (χ3n) is 6.75. The number of urea groups is 1. The van der Waals surface area contributed by atoms with Crippen LogP contribution in [-0.2, 0) is 11.2 Å². The number of oxime groups is 1. The number of benzene rings is 3. The Morgan fingerprint density at radius 1 is 1.19 bits per heavy atom. The van der Waals surface area contributed by atoms with E-state index in [1.165, 1.54) is 37.4 Å². The van der Waals surface area contributed by atoms with E-state index in [2.05, 4.69) is 15.8 Å². The van der Waals surface area contributed by atoms with Crippen LogP contribution in [0.5, 0.6) is 11.5 Å². The van der Waals surface area contributed by atoms with Crippen LogP contribution in [0.1, 0.15) is 40.9 Å². The Morgan fingerprint density at radius 3 is 2.62 bits per heavy atom. The van der Waals surface area contributed by atoms with Crippen LogP contribution in [0.15, 0.2) is 71.9 Å². The lowest BCUT2D eigenvalue weighted by Gasteiger charge is -2.26. The van der Waals surface area contributed by atoms with Crippen LogP contribution in [-0.4, -0.2) is 53.9 Å². The van der Waals surface area contributed by atoms with E-state index in [4.69, 9.17) is 21.2 Å². The van der Waals surface area contributed by atoms with E-state index in [1.807, 2.05) is 6.92 Å². The molecule has 0 bridgehead atoms. The quantitative estimate of drug-likeness (QED) is 0.295. The van der Waals surface area contributed by atoms with Gasteiger partial charge in [0.05, 0.1) is 31.2 Å². The number of imide groups is 1. The van der Waals surface area contributed by atoms with Crippen molar-refractivity contribution in [3.63, 3.8) is 0 Å². The van der Waals surface area contributed by atoms with Crippen molar-refractivity contribution in [3.05, 3.63) is 94.3 Å². The number of carbonyl (C=O) groups is 3. The molecular formula is C30H30ClFN4O6. The Hall–Kier alpha value is -4.64. The number of carboxylic acids is 1. The third-order valence-corrected chi connectivity index (χ3v) is 6.99. The van der Waals surface area contributed by atoms with Crippen molar-refractivity contribution in [2.75, 3.05) is 20.2 Å². The number of carbonyl (C=O) groups excluding carboxylic acids is 2. The minimum Gasteiger partial charge on any atom is -0.496 e. The molecule has 3 aromatic carbocycles. The largest absolute Gasteiger partial charge is 0.496 e. The molecule has 42 heavy (non-hydrogen) atoms. The number of amidine groups is 1. The Morgan fingerprint density at radius 2 is 1.95 bits per heavy atom. The number of rotatable bonds is 9. The molecule has 0 spiro atoms. The van der Waals surface area contributed by atoms with Crippen LogP contribution in [0.4, 0.5) is 9.18 Å². The van der Waals surface area contributed by atoms with Gasteiger partial charge in [0.15, 0.2) is 11.6 Å². The topological polar surface area (TPSA) is 130 Å². The summed E-state index contributed by atoms with van der Waals surface area (Å²) in [6, 6.07) is 15.5. The van der Waals surface area contributed by atoms with Gasteiger partial charge in [0.1, 0.15) is 11.6 Å². The lowest BCUT2D eigenvalue weighted by molar-refractivity contribution is -0.131. The number of nitrogens with zero attached hydrogens (tertiary/aromatic N) is 2. The smallest absolute Gasteiger partial charge is 0.335 e. The van der Waals surface area contributed by atoms with Crippen LogP contribution in [0, 0.1) is 11.7 Å². The standard InChI is InChI=1S/C30H30ClFN4O6/c1-3-25(18-7-9-19(10-8-18)29(38)39)34-30(40)36-17-27(35-42-24-6-4-5-23(32)15-24)33-16-21(28(36)37)13-20-14-22(31)11-12-26(20)41-2/h4-12,14-15,21,25H,3,13,16-17H2,1-2H3,(H,33,35)(H,34,40)(H,38,39)/t21-,25?/m1/s1. The predicted molar refractivity (Wildman–Crippen MR) is 154 cm³/mol. The summed E-state index contributed by atoms with van der Waals surface area (Å²) in [7, 11) is 1.52. The molecule has 0 aliphatic carbocycles. The zero-order valence-corrected chi connectivity index (χ0v) is 23.7. The first kappa shape index (κ1) is 30.3. The first-order valence-corrected chi connectivity index (χ1v) is 13.6. The second-order valence-corrected chi connectivity index (χ2v) is 10.0. The maximum Gasteiger partial charge on any atom is 0.335 e. The van der Waals surface area contributed by atoms with Crippen LogP contribution in [0.25, 0.3) is 0 Å². The molecule has 0 radical (unpaired) electrons. The van der Waals surface area contributed by atoms with Crippen molar-refractivity contribution in [2.45, 2.75) is 25.8 Å². The van der Waals surface area contributed by atoms with Gasteiger partial charge in [-0.15, -0.1) is 0 Å². The zero-order chi connectivity index (χ0) is 30.2. The van der Waals surface area contributed by atoms with Crippen molar-refractivity contribution < 1.29 is 33.5 Å². The SMILES string of the molecule is CCC(NC(=O)N1C/C(=N/Oc2cccc(F)c2)NC[C@@H](Cc2cc(Cl)ccc2OC)C1=O)c1ccc(C(=O)O)cc1. The van der Waals surface area contributed by atoms with Gasteiger partial charge in [-0.25, -0.2) is 14.0 Å². The minimum absolute atomic E-state index is 0.118. The van der Waals surface area contributed by atoms with Gasteiger partial charge in [0.2, 0.25) is 5.91 Å². The monoisotopic (exact) mass is 596 g/mol. The number of hydrogen-bond donors (Lipinski definition) is 3. The van der Waals surface area contributed by atoms with E-state index < -0.39 is 35.7 Å². The average Bonchev–Trinajstić information content (AvgIpc) is 3.13. The molecule has 220 valence electrons. The maximum atomic E-state index is 13.8. The van der Waals surface area contributed by atoms with Crippen LogP contribution in [0.3, 0.4) is 0 Å². The van der Waals surface area contributed by atoms with Gasteiger partial charge in [-0.3, -0.25) is 9.69 Å². The Bertz CT molecular complexity index is 1480. The van der Waals surface area contributed by atoms with Gasteiger partial charge in [0.25, 0.3) is 0 Å². The van der Waals surface area contributed by atoms with Crippen molar-refractivity contribution in [3.8, 4) is 11.5 Å². The Labute approximate surface area is 247 Å². The molecule has 1 heterocycles. The Balaban J connectivity index is 1.60. The highest BCUT2D eigenvalue weighted by molar-refractivity contribution is 6.30. The molecule has 1 aliphatic rings. The van der Waals surface area contributed by atoms with Gasteiger partial charge >= 0.3 is 12.0 Å². The predicted octanol–water partition coefficient (Wildman–Crippen LogP) is 5.03. The first-order valence-electron chi connectivity index (χ1n) is 13.2. The molecule has 1 aliphatic heterocycles. The van der Waals surface area contributed by atoms with Gasteiger partial charge < -0.3 is 25.3 Å². The summed E-state index contributed by atoms with van der Waals surface area (Å²) in [5.41, 5.74) is 1.48. The highest BCUT2D eigenvalue weighted by Crippen LogP contribution is 2.27. The normalized spacial score (nSPS) is 16.8. The lowest BCUT2D eigenvalue weighted by atomic mass is 9.97. The third kappa shape index (κ3) is 7.55. The fourth-order valence-corrected chi connectivity index (χ4v) is 4.73. The first-order chi connectivity index (χ1) is 20.2. The molecule has 1 fully saturated rings. The van der Waals surface area contributed by atoms with Crippen molar-refractivity contribution >= 4 is 35.3 Å². The van der Waals surface area contributed by atoms with Crippen LogP contribution >= 0.6 is 11.6 Å². The van der Waals surface area contributed by atoms with E-state index in [1.54, 1.807) is 30.3 Å². The second-order valence-electron chi connectivity index (χ2n) is 9.59. The Kier molecular flexibility index (Phi) is 9.98. The molecule has 12 heteroatoms. The van der Waals surface area contributed by atoms with E-state index in [0.717, 1.165) is 11.0 Å². The molecule has 3 amide bonds. The fourth-order valence-electron chi connectivity index (χ4n) is 4.53. The minimum atomic E-state index is -1.06. The number of nitrogens with one attached hydrogen (secondary N) is 2. The average molecular weight is 597 g/mol. The van der Waals surface area contributed by atoms with Gasteiger partial charge in [0, 0.05) is 17.6 Å². The molecule has 2 atom stereocenters. The lowest BCUT2D eigenvalue weighted by Crippen LogP contribution is -2.48. The van der Waals surface area contributed by atoms with Gasteiger partial charge in [-0.05, 0) is 66.4 Å². The summed E-state index contributed by atoms with van der Waals surface area (Å²) in [6.07, 6.45) is 0.691. The fraction of sp³-hybridized carbons (Fsp3) is 0.267. The zero-order valence-electron chi connectivity index (χ0n) is 23.0. The van der Waals surface area contributed by atoms with Crippen molar-refractivity contribution in [1.29, 1.82) is 0 Å². The summed E-state index contributed by atoms with van der Waals surface area (Å²) in [5.74, 6) is -1.86. The summed E-state index contributed by atoms with van der Waals surface area (Å²) in [5, 5.41) is 19.7. The number of amides is 3. The molecule has 0 aromatic heterocycles. The van der Waals surface area contributed by atoms with E-state index in [9.17, 15) is 23.9 Å². The van der Waals surface area contributed by atoms with Crippen molar-refractivity contribution in [2.24, 2.45) is 11.1 Å².